The van der Waals surface area contributed by atoms with Gasteiger partial charge in [-0.15, -0.1) is 0 Å². The van der Waals surface area contributed by atoms with Crippen molar-refractivity contribution in [1.29, 1.82) is 0 Å². The van der Waals surface area contributed by atoms with E-state index in [1.807, 2.05) is 18.2 Å². The molecule has 156 valence electrons. The van der Waals surface area contributed by atoms with E-state index in [0.29, 0.717) is 44.7 Å². The zero-order valence-electron chi connectivity index (χ0n) is 16.8. The van der Waals surface area contributed by atoms with E-state index in [9.17, 15) is 14.4 Å². The average Bonchev–Trinajstić information content (AvgIpc) is 3.24. The molecule has 0 spiro atoms. The van der Waals surface area contributed by atoms with Gasteiger partial charge in [-0.2, -0.15) is 0 Å². The Balaban J connectivity index is 1.25. The Bertz CT molecular complexity index is 908. The van der Waals surface area contributed by atoms with Crippen LogP contribution < -0.4 is 15.1 Å². The quantitative estimate of drug-likeness (QED) is 0.807. The van der Waals surface area contributed by atoms with E-state index in [1.165, 1.54) is 0 Å². The molecule has 0 bridgehead atoms. The van der Waals surface area contributed by atoms with Gasteiger partial charge in [0.05, 0.1) is 6.54 Å². The van der Waals surface area contributed by atoms with E-state index < -0.39 is 0 Å². The van der Waals surface area contributed by atoms with Crippen molar-refractivity contribution < 1.29 is 14.4 Å². The molecule has 3 heterocycles. The normalized spacial score (nSPS) is 16.7. The zero-order chi connectivity index (χ0) is 20.9. The molecule has 1 N–H and O–H groups in total. The van der Waals surface area contributed by atoms with E-state index >= 15 is 0 Å². The van der Waals surface area contributed by atoms with Crippen LogP contribution in [0.1, 0.15) is 23.2 Å². The number of hydrogen-bond acceptors (Lipinski definition) is 5. The summed E-state index contributed by atoms with van der Waals surface area (Å²) in [5.41, 5.74) is 1.27. The second kappa shape index (κ2) is 8.94. The third kappa shape index (κ3) is 4.42. The molecule has 2 aliphatic rings. The Labute approximate surface area is 175 Å². The van der Waals surface area contributed by atoms with Gasteiger partial charge in [0.1, 0.15) is 5.82 Å². The number of hydrogen-bond donors (Lipinski definition) is 1. The molecule has 3 amide bonds. The Kier molecular flexibility index (Phi) is 5.92. The molecule has 4 rings (SSSR count). The molecule has 0 unspecified atom stereocenters. The monoisotopic (exact) mass is 407 g/mol. The van der Waals surface area contributed by atoms with Gasteiger partial charge in [-0.3, -0.25) is 14.4 Å². The highest BCUT2D eigenvalue weighted by Gasteiger charge is 2.23. The minimum Gasteiger partial charge on any atom is -0.353 e. The summed E-state index contributed by atoms with van der Waals surface area (Å²) >= 11 is 0. The third-order valence-corrected chi connectivity index (χ3v) is 5.52. The van der Waals surface area contributed by atoms with Crippen LogP contribution in [0.4, 0.5) is 11.5 Å². The fourth-order valence-corrected chi connectivity index (χ4v) is 3.81. The molecule has 0 atom stereocenters. The van der Waals surface area contributed by atoms with Gasteiger partial charge in [0.2, 0.25) is 11.8 Å². The van der Waals surface area contributed by atoms with Gasteiger partial charge >= 0.3 is 0 Å². The zero-order valence-corrected chi connectivity index (χ0v) is 16.8. The third-order valence-electron chi connectivity index (χ3n) is 5.52. The lowest BCUT2D eigenvalue weighted by Gasteiger charge is -2.35. The van der Waals surface area contributed by atoms with Gasteiger partial charge in [-0.25, -0.2) is 4.98 Å². The van der Waals surface area contributed by atoms with E-state index in [2.05, 4.69) is 15.2 Å². The first-order valence-electron chi connectivity index (χ1n) is 10.2. The molecule has 1 aromatic heterocycles. The molecule has 2 aliphatic heterocycles. The van der Waals surface area contributed by atoms with E-state index in [1.54, 1.807) is 40.3 Å². The summed E-state index contributed by atoms with van der Waals surface area (Å²) in [6.07, 6.45) is 3.19. The van der Waals surface area contributed by atoms with Crippen molar-refractivity contribution in [3.05, 3.63) is 54.2 Å². The smallest absolute Gasteiger partial charge is 0.251 e. The summed E-state index contributed by atoms with van der Waals surface area (Å²) < 4.78 is 0. The maximum Gasteiger partial charge on any atom is 0.251 e. The molecule has 2 saturated heterocycles. The van der Waals surface area contributed by atoms with Gasteiger partial charge in [-0.1, -0.05) is 6.07 Å². The maximum atomic E-state index is 12.5. The summed E-state index contributed by atoms with van der Waals surface area (Å²) in [6.45, 7) is 3.32. The van der Waals surface area contributed by atoms with Crippen LogP contribution in [0.15, 0.2) is 48.7 Å². The molecule has 2 fully saturated rings. The number of nitrogens with zero attached hydrogens (tertiary/aromatic N) is 4. The van der Waals surface area contributed by atoms with Crippen LogP contribution >= 0.6 is 0 Å². The van der Waals surface area contributed by atoms with Crippen molar-refractivity contribution in [3.8, 4) is 0 Å². The number of nitrogens with one attached hydrogen (secondary N) is 1. The predicted octanol–water partition coefficient (Wildman–Crippen LogP) is 1.29. The van der Waals surface area contributed by atoms with Gasteiger partial charge in [0.25, 0.3) is 5.91 Å². The van der Waals surface area contributed by atoms with Crippen molar-refractivity contribution >= 4 is 29.2 Å². The Hall–Kier alpha value is -3.42. The number of piperazine rings is 1. The van der Waals surface area contributed by atoms with Crippen LogP contribution in [0.3, 0.4) is 0 Å². The summed E-state index contributed by atoms with van der Waals surface area (Å²) in [5.74, 6) is 0.635. The van der Waals surface area contributed by atoms with Gasteiger partial charge in [0.15, 0.2) is 0 Å². The largest absolute Gasteiger partial charge is 0.353 e. The minimum absolute atomic E-state index is 0.0330. The molecule has 0 aliphatic carbocycles. The molecule has 0 radical (unpaired) electrons. The molecule has 1 aromatic carbocycles. The summed E-state index contributed by atoms with van der Waals surface area (Å²) in [6, 6.07) is 12.7. The van der Waals surface area contributed by atoms with Crippen molar-refractivity contribution in [2.75, 3.05) is 49.1 Å². The van der Waals surface area contributed by atoms with Crippen LogP contribution in [0.2, 0.25) is 0 Å². The van der Waals surface area contributed by atoms with Gasteiger partial charge in [0, 0.05) is 56.6 Å². The lowest BCUT2D eigenvalue weighted by atomic mass is 10.2. The molecule has 2 aromatic rings. The minimum atomic E-state index is -0.297. The van der Waals surface area contributed by atoms with Crippen LogP contribution in [0, 0.1) is 0 Å². The van der Waals surface area contributed by atoms with Crippen molar-refractivity contribution in [2.24, 2.45) is 0 Å². The van der Waals surface area contributed by atoms with Crippen LogP contribution in [0.25, 0.3) is 0 Å². The lowest BCUT2D eigenvalue weighted by Crippen LogP contribution is -2.51. The number of carbonyl (C=O) groups is 3. The number of aromatic nitrogens is 1. The number of anilines is 2. The molecular formula is C22H25N5O3. The predicted molar refractivity (Wildman–Crippen MR) is 113 cm³/mol. The number of rotatable bonds is 5. The van der Waals surface area contributed by atoms with Crippen molar-refractivity contribution in [2.45, 2.75) is 12.8 Å². The SMILES string of the molecule is O=C(NCC(=O)N1CCN(c2ccccn2)CC1)c1ccc(N2CCCC2=O)cc1. The van der Waals surface area contributed by atoms with E-state index in [-0.39, 0.29) is 24.3 Å². The summed E-state index contributed by atoms with van der Waals surface area (Å²) in [7, 11) is 0. The Morgan fingerprint density at radius 2 is 1.73 bits per heavy atom. The number of pyridine rings is 1. The van der Waals surface area contributed by atoms with Crippen LogP contribution in [-0.4, -0.2) is 66.9 Å². The molecule has 8 heteroatoms. The molecular weight excluding hydrogens is 382 g/mol. The molecule has 30 heavy (non-hydrogen) atoms. The van der Waals surface area contributed by atoms with E-state index in [4.69, 9.17) is 0 Å². The number of amides is 3. The van der Waals surface area contributed by atoms with Gasteiger partial charge < -0.3 is 20.0 Å². The Morgan fingerprint density at radius 1 is 0.967 bits per heavy atom. The maximum absolute atomic E-state index is 12.5. The summed E-state index contributed by atoms with van der Waals surface area (Å²) in [4.78, 5) is 46.7. The topological polar surface area (TPSA) is 85.8 Å². The second-order valence-corrected chi connectivity index (χ2v) is 7.43. The first kappa shape index (κ1) is 19.9. The molecule has 0 saturated carbocycles. The molecule has 8 nitrogen and oxygen atoms in total. The lowest BCUT2D eigenvalue weighted by molar-refractivity contribution is -0.130. The highest BCUT2D eigenvalue weighted by atomic mass is 16.2. The van der Waals surface area contributed by atoms with Crippen molar-refractivity contribution in [3.63, 3.8) is 0 Å². The first-order valence-corrected chi connectivity index (χ1v) is 10.2. The summed E-state index contributed by atoms with van der Waals surface area (Å²) in [5, 5.41) is 2.70. The average molecular weight is 407 g/mol. The van der Waals surface area contributed by atoms with E-state index in [0.717, 1.165) is 17.9 Å². The van der Waals surface area contributed by atoms with Gasteiger partial charge in [-0.05, 0) is 42.8 Å². The highest BCUT2D eigenvalue weighted by molar-refractivity contribution is 5.98. The van der Waals surface area contributed by atoms with Crippen LogP contribution in [-0.2, 0) is 9.59 Å². The standard InChI is InChI=1S/C22H25N5O3/c28-20-5-3-11-27(20)18-8-6-17(7-9-18)22(30)24-16-21(29)26-14-12-25(13-15-26)19-4-1-2-10-23-19/h1-2,4,6-10H,3,5,11-16H2,(H,24,30). The Morgan fingerprint density at radius 3 is 2.37 bits per heavy atom. The number of benzene rings is 1. The second-order valence-electron chi connectivity index (χ2n) is 7.43. The number of carbonyl (C=O) groups excluding carboxylic acids is 3. The fraction of sp³-hybridized carbons (Fsp3) is 0.364. The first-order chi connectivity index (χ1) is 14.6. The fourth-order valence-electron chi connectivity index (χ4n) is 3.81. The van der Waals surface area contributed by atoms with Crippen molar-refractivity contribution in [1.82, 2.24) is 15.2 Å². The van der Waals surface area contributed by atoms with Crippen LogP contribution in [0.5, 0.6) is 0 Å². The highest BCUT2D eigenvalue weighted by Crippen LogP contribution is 2.21.